The van der Waals surface area contributed by atoms with E-state index in [2.05, 4.69) is 22.2 Å². The molecule has 0 radical (unpaired) electrons. The third-order valence-electron chi connectivity index (χ3n) is 5.14. The number of pyridine rings is 1. The maximum absolute atomic E-state index is 6.05. The van der Waals surface area contributed by atoms with E-state index in [1.54, 1.807) is 0 Å². The van der Waals surface area contributed by atoms with E-state index in [0.717, 1.165) is 25.1 Å². The molecule has 0 amide bonds. The summed E-state index contributed by atoms with van der Waals surface area (Å²) in [7, 11) is 0. The van der Waals surface area contributed by atoms with E-state index in [9.17, 15) is 0 Å². The largest absolute Gasteiger partial charge is 0.378 e. The lowest BCUT2D eigenvalue weighted by atomic mass is 9.51. The van der Waals surface area contributed by atoms with Gasteiger partial charge in [0, 0.05) is 42.9 Å². The fourth-order valence-corrected chi connectivity index (χ4v) is 3.70. The highest BCUT2D eigenvalue weighted by Gasteiger charge is 2.59. The number of hydrogen-bond acceptors (Lipinski definition) is 3. The Morgan fingerprint density at radius 3 is 2.91 bits per heavy atom. The van der Waals surface area contributed by atoms with Crippen LogP contribution in [0.3, 0.4) is 0 Å². The maximum Gasteiger partial charge on any atom is 0.188 e. The van der Waals surface area contributed by atoms with Crippen molar-refractivity contribution in [3.63, 3.8) is 0 Å². The summed E-state index contributed by atoms with van der Waals surface area (Å²) in [6.45, 7) is 3.54. The van der Waals surface area contributed by atoms with Crippen molar-refractivity contribution in [2.24, 2.45) is 16.1 Å². The van der Waals surface area contributed by atoms with E-state index in [0.29, 0.717) is 30.1 Å². The number of aromatic nitrogens is 1. The summed E-state index contributed by atoms with van der Waals surface area (Å²) < 4.78 is 5.86. The van der Waals surface area contributed by atoms with Crippen molar-refractivity contribution in [2.75, 3.05) is 13.2 Å². The summed E-state index contributed by atoms with van der Waals surface area (Å²) >= 11 is 0. The third-order valence-corrected chi connectivity index (χ3v) is 5.14. The van der Waals surface area contributed by atoms with E-state index in [-0.39, 0.29) is 24.0 Å². The zero-order valence-corrected chi connectivity index (χ0v) is 16.0. The van der Waals surface area contributed by atoms with Gasteiger partial charge >= 0.3 is 0 Å². The van der Waals surface area contributed by atoms with Gasteiger partial charge in [0.2, 0.25) is 0 Å². The Hall–Kier alpha value is -0.890. The van der Waals surface area contributed by atoms with Crippen LogP contribution in [-0.2, 0) is 11.2 Å². The highest BCUT2D eigenvalue weighted by atomic mass is 127. The lowest BCUT2D eigenvalue weighted by Crippen LogP contribution is -2.68. The third kappa shape index (κ3) is 3.96. The Morgan fingerprint density at radius 1 is 1.48 bits per heavy atom. The predicted octanol–water partition coefficient (Wildman–Crippen LogP) is 2.49. The van der Waals surface area contributed by atoms with Crippen LogP contribution in [0.25, 0.3) is 0 Å². The van der Waals surface area contributed by atoms with Crippen LogP contribution in [0.2, 0.25) is 0 Å². The molecule has 0 bridgehead atoms. The van der Waals surface area contributed by atoms with Crippen LogP contribution in [0, 0.1) is 5.41 Å². The molecule has 0 saturated heterocycles. The summed E-state index contributed by atoms with van der Waals surface area (Å²) in [4.78, 5) is 8.73. The molecule has 0 aromatic carbocycles. The van der Waals surface area contributed by atoms with Crippen LogP contribution in [-0.4, -0.2) is 36.2 Å². The Bertz CT molecular complexity index is 519. The smallest absolute Gasteiger partial charge is 0.188 e. The minimum atomic E-state index is 0. The van der Waals surface area contributed by atoms with Crippen LogP contribution in [0.5, 0.6) is 0 Å². The molecule has 1 aromatic heterocycles. The fraction of sp³-hybridized carbons (Fsp3) is 0.647. The molecule has 2 aliphatic carbocycles. The zero-order chi connectivity index (χ0) is 15.4. The second kappa shape index (κ2) is 8.28. The van der Waals surface area contributed by atoms with Gasteiger partial charge in [-0.25, -0.2) is 0 Å². The normalized spacial score (nSPS) is 25.2. The van der Waals surface area contributed by atoms with Gasteiger partial charge in [0.15, 0.2) is 5.96 Å². The molecule has 6 heteroatoms. The average molecular weight is 430 g/mol. The van der Waals surface area contributed by atoms with Crippen LogP contribution >= 0.6 is 24.0 Å². The van der Waals surface area contributed by atoms with Gasteiger partial charge in [0.25, 0.3) is 0 Å². The number of nitrogens with one attached hydrogen (secondary N) is 1. The van der Waals surface area contributed by atoms with Crippen LogP contribution in [0.4, 0.5) is 0 Å². The lowest BCUT2D eigenvalue weighted by molar-refractivity contribution is -0.168. The summed E-state index contributed by atoms with van der Waals surface area (Å²) in [6.07, 6.45) is 7.88. The number of rotatable bonds is 6. The van der Waals surface area contributed by atoms with Gasteiger partial charge in [0.05, 0.1) is 6.10 Å². The van der Waals surface area contributed by atoms with Crippen LogP contribution in [0.1, 0.15) is 38.3 Å². The molecule has 3 N–H and O–H groups in total. The van der Waals surface area contributed by atoms with E-state index < -0.39 is 0 Å². The van der Waals surface area contributed by atoms with Gasteiger partial charge < -0.3 is 15.8 Å². The summed E-state index contributed by atoms with van der Waals surface area (Å²) in [5.74, 6) is 0.558. The number of ether oxygens (including phenoxy) is 1. The number of hydrogen-bond donors (Lipinski definition) is 2. The van der Waals surface area contributed by atoms with E-state index >= 15 is 0 Å². The fourth-order valence-electron chi connectivity index (χ4n) is 3.70. The van der Waals surface area contributed by atoms with Crippen molar-refractivity contribution >= 4 is 29.9 Å². The molecular weight excluding hydrogens is 403 g/mol. The first-order valence-electron chi connectivity index (χ1n) is 8.32. The van der Waals surface area contributed by atoms with Gasteiger partial charge in [-0.15, -0.1) is 24.0 Å². The van der Waals surface area contributed by atoms with Crippen molar-refractivity contribution in [1.82, 2.24) is 10.3 Å². The minimum absolute atomic E-state index is 0. The molecule has 5 nitrogen and oxygen atoms in total. The number of nitrogens with two attached hydrogens (primary N) is 1. The molecule has 0 aliphatic heterocycles. The Balaban J connectivity index is 0.00000192. The molecule has 1 aromatic rings. The summed E-state index contributed by atoms with van der Waals surface area (Å²) in [5.41, 5.74) is 7.41. The molecule has 2 unspecified atom stereocenters. The van der Waals surface area contributed by atoms with Gasteiger partial charge in [-0.05, 0) is 38.3 Å². The predicted molar refractivity (Wildman–Crippen MR) is 103 cm³/mol. The van der Waals surface area contributed by atoms with Gasteiger partial charge in [-0.1, -0.05) is 12.5 Å². The first kappa shape index (κ1) is 18.4. The Labute approximate surface area is 155 Å². The standard InChI is InChI=1S/C17H26N4O.HI/c1-2-22-15-12-14(17(15)8-5-9-17)21-16(18)20-11-7-13-6-3-4-10-19-13;/h3-4,6,10,14-15H,2,5,7-9,11-12H2,1H3,(H3,18,20,21);1H. The molecule has 128 valence electrons. The first-order valence-corrected chi connectivity index (χ1v) is 8.32. The maximum atomic E-state index is 6.05. The van der Waals surface area contributed by atoms with E-state index in [4.69, 9.17) is 10.5 Å². The Morgan fingerprint density at radius 2 is 2.30 bits per heavy atom. The highest BCUT2D eigenvalue weighted by Crippen LogP contribution is 2.57. The quantitative estimate of drug-likeness (QED) is 0.413. The van der Waals surface area contributed by atoms with Crippen molar-refractivity contribution in [2.45, 2.75) is 51.2 Å². The molecule has 2 fully saturated rings. The van der Waals surface area contributed by atoms with Gasteiger partial charge in [-0.3, -0.25) is 9.98 Å². The number of aliphatic imine (C=N–C) groups is 1. The molecule has 3 rings (SSSR count). The molecule has 1 spiro atoms. The van der Waals surface area contributed by atoms with Crippen LogP contribution in [0.15, 0.2) is 29.4 Å². The van der Waals surface area contributed by atoms with Crippen LogP contribution < -0.4 is 11.1 Å². The summed E-state index contributed by atoms with van der Waals surface area (Å²) in [6, 6.07) is 6.36. The highest BCUT2D eigenvalue weighted by molar-refractivity contribution is 14.0. The topological polar surface area (TPSA) is 72.5 Å². The number of halogens is 1. The van der Waals surface area contributed by atoms with Crippen molar-refractivity contribution in [1.29, 1.82) is 0 Å². The molecular formula is C17H27IN4O. The van der Waals surface area contributed by atoms with E-state index in [1.165, 1.54) is 19.3 Å². The average Bonchev–Trinajstić information content (AvgIpc) is 2.45. The van der Waals surface area contributed by atoms with Crippen molar-refractivity contribution < 1.29 is 4.74 Å². The molecule has 2 atom stereocenters. The van der Waals surface area contributed by atoms with Gasteiger partial charge in [-0.2, -0.15) is 0 Å². The first-order chi connectivity index (χ1) is 10.7. The van der Waals surface area contributed by atoms with Crippen molar-refractivity contribution in [3.05, 3.63) is 30.1 Å². The molecule has 23 heavy (non-hydrogen) atoms. The molecule has 2 saturated carbocycles. The zero-order valence-electron chi connectivity index (χ0n) is 13.7. The monoisotopic (exact) mass is 430 g/mol. The SMILES string of the molecule is CCOC1CC(NC(N)=NCCc2ccccn2)C12CCC2.I. The second-order valence-electron chi connectivity index (χ2n) is 6.30. The number of guanidine groups is 1. The lowest BCUT2D eigenvalue weighted by Gasteiger charge is -2.61. The molecule has 1 heterocycles. The second-order valence-corrected chi connectivity index (χ2v) is 6.30. The summed E-state index contributed by atoms with van der Waals surface area (Å²) in [5, 5.41) is 3.41. The molecule has 2 aliphatic rings. The Kier molecular flexibility index (Phi) is 6.64. The minimum Gasteiger partial charge on any atom is -0.378 e. The van der Waals surface area contributed by atoms with Gasteiger partial charge in [0.1, 0.15) is 0 Å². The number of nitrogens with zero attached hydrogens (tertiary/aromatic N) is 2. The van der Waals surface area contributed by atoms with E-state index in [1.807, 2.05) is 24.4 Å². The van der Waals surface area contributed by atoms with Crippen molar-refractivity contribution in [3.8, 4) is 0 Å².